The number of rotatable bonds is 8. The van der Waals surface area contributed by atoms with E-state index in [2.05, 4.69) is 29.5 Å². The minimum atomic E-state index is -0.514. The molecule has 6 heteroatoms. The average Bonchev–Trinajstić information content (AvgIpc) is 2.58. The highest BCUT2D eigenvalue weighted by Gasteiger charge is 2.16. The summed E-state index contributed by atoms with van der Waals surface area (Å²) in [5.41, 5.74) is 0.284. The summed E-state index contributed by atoms with van der Waals surface area (Å²) in [6.07, 6.45) is 4.39. The van der Waals surface area contributed by atoms with Gasteiger partial charge in [0.15, 0.2) is 5.75 Å². The van der Waals surface area contributed by atoms with Crippen LogP contribution >= 0.6 is 45.8 Å². The molecule has 0 saturated heterocycles. The Balaban J connectivity index is 2.02. The van der Waals surface area contributed by atoms with Gasteiger partial charge >= 0.3 is 5.97 Å². The highest BCUT2D eigenvalue weighted by Crippen LogP contribution is 2.34. The van der Waals surface area contributed by atoms with Crippen LogP contribution in [0, 0.1) is 3.57 Å². The maximum absolute atomic E-state index is 12.3. The lowest BCUT2D eigenvalue weighted by Crippen LogP contribution is -2.09. The van der Waals surface area contributed by atoms with Gasteiger partial charge in [0.25, 0.3) is 0 Å². The quantitative estimate of drug-likeness (QED) is 0.176. The summed E-state index contributed by atoms with van der Waals surface area (Å²) in [4.78, 5) is 12.3. The van der Waals surface area contributed by atoms with E-state index in [0.29, 0.717) is 28.2 Å². The molecule has 0 aliphatic carbocycles. The summed E-state index contributed by atoms with van der Waals surface area (Å²) >= 11 is 14.6. The Kier molecular flexibility index (Phi) is 8.33. The molecule has 2 aromatic carbocycles. The maximum atomic E-state index is 12.3. The molecule has 0 aliphatic rings. The van der Waals surface area contributed by atoms with Gasteiger partial charge in [-0.15, -0.1) is 0 Å². The zero-order valence-electron chi connectivity index (χ0n) is 13.9. The SMILES string of the molecule is CCCCCCOc1c(Cl)cc(C(=O)Oc2ccc(I)cc2)cc1Cl. The Labute approximate surface area is 171 Å². The van der Waals surface area contributed by atoms with Gasteiger partial charge in [0, 0.05) is 3.57 Å². The molecule has 0 saturated carbocycles. The Morgan fingerprint density at radius 1 is 1.04 bits per heavy atom. The largest absolute Gasteiger partial charge is 0.490 e. The van der Waals surface area contributed by atoms with Crippen LogP contribution in [-0.4, -0.2) is 12.6 Å². The molecular weight excluding hydrogens is 474 g/mol. The topological polar surface area (TPSA) is 35.5 Å². The Morgan fingerprint density at radius 3 is 2.28 bits per heavy atom. The highest BCUT2D eigenvalue weighted by molar-refractivity contribution is 14.1. The lowest BCUT2D eigenvalue weighted by molar-refractivity contribution is 0.0734. The van der Waals surface area contributed by atoms with Gasteiger partial charge in [-0.05, 0) is 65.4 Å². The van der Waals surface area contributed by atoms with Crippen LogP contribution in [0.2, 0.25) is 10.0 Å². The van der Waals surface area contributed by atoms with Crippen molar-refractivity contribution in [3.05, 3.63) is 55.6 Å². The van der Waals surface area contributed by atoms with Gasteiger partial charge in [0.05, 0.1) is 22.2 Å². The van der Waals surface area contributed by atoms with Gasteiger partial charge < -0.3 is 9.47 Å². The normalized spacial score (nSPS) is 10.6. The third-order valence-electron chi connectivity index (χ3n) is 3.50. The second kappa shape index (κ2) is 10.2. The first-order valence-corrected chi connectivity index (χ1v) is 9.94. The zero-order chi connectivity index (χ0) is 18.2. The molecule has 0 N–H and O–H groups in total. The minimum Gasteiger partial charge on any atom is -0.490 e. The van der Waals surface area contributed by atoms with Crippen LogP contribution in [0.5, 0.6) is 11.5 Å². The first kappa shape index (κ1) is 20.3. The van der Waals surface area contributed by atoms with Crippen molar-refractivity contribution in [3.63, 3.8) is 0 Å². The van der Waals surface area contributed by atoms with E-state index in [1.807, 2.05) is 12.1 Å². The smallest absolute Gasteiger partial charge is 0.343 e. The second-order valence-electron chi connectivity index (χ2n) is 5.52. The number of unbranched alkanes of at least 4 members (excludes halogenated alkanes) is 3. The third-order valence-corrected chi connectivity index (χ3v) is 4.78. The molecular formula is C19H19Cl2IO3. The van der Waals surface area contributed by atoms with Crippen molar-refractivity contribution in [1.29, 1.82) is 0 Å². The predicted molar refractivity (Wildman–Crippen MR) is 110 cm³/mol. The summed E-state index contributed by atoms with van der Waals surface area (Å²) in [5, 5.41) is 0.607. The van der Waals surface area contributed by atoms with E-state index >= 15 is 0 Å². The molecule has 0 amide bonds. The van der Waals surface area contributed by atoms with Crippen molar-refractivity contribution < 1.29 is 14.3 Å². The van der Waals surface area contributed by atoms with Gasteiger partial charge in [-0.2, -0.15) is 0 Å². The third kappa shape index (κ3) is 6.35. The standard InChI is InChI=1S/C19H19Cl2IO3/c1-2-3-4-5-10-24-18-16(20)11-13(12-17(18)21)19(23)25-15-8-6-14(22)7-9-15/h6-9,11-12H,2-5,10H2,1H3. The van der Waals surface area contributed by atoms with Gasteiger partial charge in [0.1, 0.15) is 5.75 Å². The molecule has 0 aliphatic heterocycles. The van der Waals surface area contributed by atoms with Crippen molar-refractivity contribution in [2.75, 3.05) is 6.61 Å². The molecule has 0 unspecified atom stereocenters. The maximum Gasteiger partial charge on any atom is 0.343 e. The fourth-order valence-electron chi connectivity index (χ4n) is 2.19. The lowest BCUT2D eigenvalue weighted by atomic mass is 10.2. The molecule has 0 heterocycles. The first-order valence-electron chi connectivity index (χ1n) is 8.11. The number of halogens is 3. The molecule has 0 radical (unpaired) electrons. The number of ether oxygens (including phenoxy) is 2. The predicted octanol–water partition coefficient (Wildman–Crippen LogP) is 6.78. The molecule has 2 rings (SSSR count). The second-order valence-corrected chi connectivity index (χ2v) is 7.58. The Bertz CT molecular complexity index is 694. The van der Waals surface area contributed by atoms with E-state index in [4.69, 9.17) is 32.7 Å². The Hall–Kier alpha value is -0.980. The number of carbonyl (C=O) groups is 1. The van der Waals surface area contributed by atoms with Gasteiger partial charge in [0.2, 0.25) is 0 Å². The number of hydrogen-bond acceptors (Lipinski definition) is 3. The van der Waals surface area contributed by atoms with E-state index in [1.54, 1.807) is 12.1 Å². The summed E-state index contributed by atoms with van der Waals surface area (Å²) in [6, 6.07) is 10.2. The van der Waals surface area contributed by atoms with E-state index in [1.165, 1.54) is 25.0 Å². The summed E-state index contributed by atoms with van der Waals surface area (Å²) < 4.78 is 12.1. The molecule has 0 bridgehead atoms. The fourth-order valence-corrected chi connectivity index (χ4v) is 3.14. The van der Waals surface area contributed by atoms with Gasteiger partial charge in [-0.1, -0.05) is 49.4 Å². The van der Waals surface area contributed by atoms with Gasteiger partial charge in [-0.25, -0.2) is 4.79 Å². The van der Waals surface area contributed by atoms with Gasteiger partial charge in [-0.3, -0.25) is 0 Å². The van der Waals surface area contributed by atoms with Crippen LogP contribution in [0.15, 0.2) is 36.4 Å². The van der Waals surface area contributed by atoms with E-state index < -0.39 is 5.97 Å². The summed E-state index contributed by atoms with van der Waals surface area (Å²) in [5.74, 6) is 0.360. The van der Waals surface area contributed by atoms with Crippen molar-refractivity contribution in [1.82, 2.24) is 0 Å². The highest BCUT2D eigenvalue weighted by atomic mass is 127. The van der Waals surface area contributed by atoms with Crippen LogP contribution in [0.3, 0.4) is 0 Å². The molecule has 0 atom stereocenters. The van der Waals surface area contributed by atoms with Crippen LogP contribution in [0.25, 0.3) is 0 Å². The first-order chi connectivity index (χ1) is 12.0. The van der Waals surface area contributed by atoms with Crippen LogP contribution in [-0.2, 0) is 0 Å². The van der Waals surface area contributed by atoms with E-state index in [0.717, 1.165) is 16.4 Å². The number of carbonyl (C=O) groups excluding carboxylic acids is 1. The molecule has 134 valence electrons. The molecule has 3 nitrogen and oxygen atoms in total. The fraction of sp³-hybridized carbons (Fsp3) is 0.316. The van der Waals surface area contributed by atoms with E-state index in [-0.39, 0.29) is 5.56 Å². The van der Waals surface area contributed by atoms with Crippen LogP contribution in [0.4, 0.5) is 0 Å². The summed E-state index contributed by atoms with van der Waals surface area (Å²) in [6.45, 7) is 2.70. The lowest BCUT2D eigenvalue weighted by Gasteiger charge is -2.12. The van der Waals surface area contributed by atoms with E-state index in [9.17, 15) is 4.79 Å². The number of esters is 1. The van der Waals surface area contributed by atoms with Crippen molar-refractivity contribution in [3.8, 4) is 11.5 Å². The van der Waals surface area contributed by atoms with Crippen LogP contribution in [0.1, 0.15) is 43.0 Å². The molecule has 0 spiro atoms. The minimum absolute atomic E-state index is 0.284. The number of hydrogen-bond donors (Lipinski definition) is 0. The monoisotopic (exact) mass is 492 g/mol. The van der Waals surface area contributed by atoms with Crippen LogP contribution < -0.4 is 9.47 Å². The van der Waals surface area contributed by atoms with Crippen molar-refractivity contribution in [2.24, 2.45) is 0 Å². The molecule has 25 heavy (non-hydrogen) atoms. The van der Waals surface area contributed by atoms with Crippen molar-refractivity contribution >= 4 is 51.8 Å². The molecule has 0 aromatic heterocycles. The van der Waals surface area contributed by atoms with Crippen molar-refractivity contribution in [2.45, 2.75) is 32.6 Å². The molecule has 2 aromatic rings. The Morgan fingerprint density at radius 2 is 1.68 bits per heavy atom. The zero-order valence-corrected chi connectivity index (χ0v) is 17.5. The summed E-state index contributed by atoms with van der Waals surface area (Å²) in [7, 11) is 0. The number of benzene rings is 2. The average molecular weight is 493 g/mol. The molecule has 0 fully saturated rings.